The molecule has 0 bridgehead atoms. The van der Waals surface area contributed by atoms with Gasteiger partial charge < -0.3 is 9.15 Å². The summed E-state index contributed by atoms with van der Waals surface area (Å²) in [5.74, 6) is 0.644. The highest BCUT2D eigenvalue weighted by Crippen LogP contribution is 2.30. The molecule has 1 heterocycles. The van der Waals surface area contributed by atoms with Crippen molar-refractivity contribution in [3.8, 4) is 5.75 Å². The van der Waals surface area contributed by atoms with E-state index in [1.807, 2.05) is 36.4 Å². The lowest BCUT2D eigenvalue weighted by molar-refractivity contribution is 0.306. The van der Waals surface area contributed by atoms with Crippen molar-refractivity contribution in [3.63, 3.8) is 0 Å². The van der Waals surface area contributed by atoms with Crippen LogP contribution in [0.4, 0.5) is 0 Å². The van der Waals surface area contributed by atoms with Gasteiger partial charge in [-0.2, -0.15) is 0 Å². The predicted octanol–water partition coefficient (Wildman–Crippen LogP) is 5.32. The Bertz CT molecular complexity index is 719. The average Bonchev–Trinajstić information content (AvgIpc) is 2.83. The summed E-state index contributed by atoms with van der Waals surface area (Å²) < 4.78 is 11.1. The summed E-state index contributed by atoms with van der Waals surface area (Å²) in [5, 5.41) is 2.13. The van der Waals surface area contributed by atoms with Gasteiger partial charge in [-0.15, -0.1) is 0 Å². The van der Waals surface area contributed by atoms with Gasteiger partial charge in [0.1, 0.15) is 17.9 Å². The molecule has 0 saturated heterocycles. The van der Waals surface area contributed by atoms with Crippen LogP contribution in [0, 0.1) is 0 Å². The maximum Gasteiger partial charge on any atom is 0.138 e. The van der Waals surface area contributed by atoms with Crippen molar-refractivity contribution < 1.29 is 9.15 Å². The maximum atomic E-state index is 6.17. The topological polar surface area (TPSA) is 22.4 Å². The average molecular weight is 293 g/mol. The molecule has 3 rings (SSSR count). The molecule has 0 radical (unpaired) electrons. The molecule has 2 aromatic carbocycles. The minimum absolute atomic E-state index is 0.362. The minimum Gasteiger partial charge on any atom is -0.487 e. The minimum atomic E-state index is 0.362. The molecule has 0 aliphatic carbocycles. The number of furan rings is 1. The molecule has 0 atom stereocenters. The van der Waals surface area contributed by atoms with Crippen LogP contribution >= 0.6 is 23.2 Å². The third-order valence-corrected chi connectivity index (χ3v) is 3.47. The van der Waals surface area contributed by atoms with Crippen molar-refractivity contribution >= 4 is 34.2 Å². The van der Waals surface area contributed by atoms with Crippen molar-refractivity contribution in [2.24, 2.45) is 0 Å². The molecule has 96 valence electrons. The van der Waals surface area contributed by atoms with E-state index in [4.69, 9.17) is 32.4 Å². The Balaban J connectivity index is 1.89. The lowest BCUT2D eigenvalue weighted by Gasteiger charge is -2.06. The molecule has 4 heteroatoms. The van der Waals surface area contributed by atoms with Gasteiger partial charge in [-0.1, -0.05) is 41.4 Å². The van der Waals surface area contributed by atoms with E-state index in [0.717, 1.165) is 16.5 Å². The summed E-state index contributed by atoms with van der Waals surface area (Å²) in [4.78, 5) is 0. The number of ether oxygens (including phenoxy) is 1. The predicted molar refractivity (Wildman–Crippen MR) is 77.0 cm³/mol. The van der Waals surface area contributed by atoms with Crippen LogP contribution in [0.1, 0.15) is 5.56 Å². The molecule has 0 amide bonds. The van der Waals surface area contributed by atoms with E-state index < -0.39 is 0 Å². The SMILES string of the molecule is Clc1ccccc1OCc1coc2cccc(Cl)c12. The van der Waals surface area contributed by atoms with Crippen molar-refractivity contribution in [1.29, 1.82) is 0 Å². The Hall–Kier alpha value is -1.64. The van der Waals surface area contributed by atoms with E-state index in [0.29, 0.717) is 22.4 Å². The standard InChI is InChI=1S/C15H10Cl2O2/c16-11-4-1-2-6-13(11)18-8-10-9-19-14-7-3-5-12(17)15(10)14/h1-7,9H,8H2. The molecular formula is C15H10Cl2O2. The molecule has 0 saturated carbocycles. The summed E-state index contributed by atoms with van der Waals surface area (Å²) in [6, 6.07) is 12.9. The lowest BCUT2D eigenvalue weighted by Crippen LogP contribution is -1.95. The zero-order chi connectivity index (χ0) is 13.2. The van der Waals surface area contributed by atoms with E-state index in [1.165, 1.54) is 0 Å². The number of fused-ring (bicyclic) bond motifs is 1. The molecule has 19 heavy (non-hydrogen) atoms. The van der Waals surface area contributed by atoms with Crippen molar-refractivity contribution in [2.45, 2.75) is 6.61 Å². The first-order valence-corrected chi connectivity index (χ1v) is 6.53. The van der Waals surface area contributed by atoms with Crippen molar-refractivity contribution in [3.05, 3.63) is 64.3 Å². The molecule has 0 aliphatic rings. The van der Waals surface area contributed by atoms with E-state index in [1.54, 1.807) is 12.3 Å². The van der Waals surface area contributed by atoms with Crippen LogP contribution in [0.25, 0.3) is 11.0 Å². The zero-order valence-corrected chi connectivity index (χ0v) is 11.4. The second-order valence-corrected chi connectivity index (χ2v) is 4.91. The zero-order valence-electron chi connectivity index (χ0n) is 9.90. The molecule has 0 spiro atoms. The fraction of sp³-hybridized carbons (Fsp3) is 0.0667. The number of hydrogen-bond donors (Lipinski definition) is 0. The molecule has 3 aromatic rings. The van der Waals surface area contributed by atoms with Gasteiger partial charge in [0.05, 0.1) is 16.3 Å². The van der Waals surface area contributed by atoms with Crippen LogP contribution < -0.4 is 4.74 Å². The van der Waals surface area contributed by atoms with Crippen LogP contribution in [-0.4, -0.2) is 0 Å². The molecule has 2 nitrogen and oxygen atoms in total. The summed E-state index contributed by atoms with van der Waals surface area (Å²) in [5.41, 5.74) is 1.66. The van der Waals surface area contributed by atoms with E-state index in [-0.39, 0.29) is 0 Å². The van der Waals surface area contributed by atoms with Crippen LogP contribution in [0.2, 0.25) is 10.0 Å². The molecule has 0 aliphatic heterocycles. The van der Waals surface area contributed by atoms with Crippen LogP contribution in [0.3, 0.4) is 0 Å². The Labute approximate surface area is 120 Å². The lowest BCUT2D eigenvalue weighted by atomic mass is 10.2. The molecule has 0 fully saturated rings. The van der Waals surface area contributed by atoms with E-state index in [9.17, 15) is 0 Å². The van der Waals surface area contributed by atoms with Crippen LogP contribution in [0.5, 0.6) is 5.75 Å². The van der Waals surface area contributed by atoms with Gasteiger partial charge in [0, 0.05) is 10.9 Å². The second-order valence-electron chi connectivity index (χ2n) is 4.09. The van der Waals surface area contributed by atoms with Crippen molar-refractivity contribution in [2.75, 3.05) is 0 Å². The summed E-state index contributed by atoms with van der Waals surface area (Å²) in [6.45, 7) is 0.362. The van der Waals surface area contributed by atoms with Gasteiger partial charge in [-0.05, 0) is 24.3 Å². The number of halogens is 2. The fourth-order valence-corrected chi connectivity index (χ4v) is 2.41. The van der Waals surface area contributed by atoms with Gasteiger partial charge in [0.15, 0.2) is 0 Å². The first kappa shape index (κ1) is 12.4. The molecular weight excluding hydrogens is 283 g/mol. The number of benzene rings is 2. The van der Waals surface area contributed by atoms with Gasteiger partial charge in [0.25, 0.3) is 0 Å². The van der Waals surface area contributed by atoms with Gasteiger partial charge in [0.2, 0.25) is 0 Å². The Kier molecular flexibility index (Phi) is 3.36. The Morgan fingerprint density at radius 1 is 0.947 bits per heavy atom. The Morgan fingerprint density at radius 2 is 1.74 bits per heavy atom. The summed E-state index contributed by atoms with van der Waals surface area (Å²) >= 11 is 12.2. The van der Waals surface area contributed by atoms with Gasteiger partial charge in [-0.25, -0.2) is 0 Å². The van der Waals surface area contributed by atoms with Gasteiger partial charge in [-0.3, -0.25) is 0 Å². The molecule has 0 N–H and O–H groups in total. The number of para-hydroxylation sites is 1. The van der Waals surface area contributed by atoms with Crippen molar-refractivity contribution in [1.82, 2.24) is 0 Å². The number of rotatable bonds is 3. The summed E-state index contributed by atoms with van der Waals surface area (Å²) in [7, 11) is 0. The quantitative estimate of drug-likeness (QED) is 0.652. The monoisotopic (exact) mass is 292 g/mol. The largest absolute Gasteiger partial charge is 0.487 e. The smallest absolute Gasteiger partial charge is 0.138 e. The maximum absolute atomic E-state index is 6.17. The highest BCUT2D eigenvalue weighted by Gasteiger charge is 2.10. The third-order valence-electron chi connectivity index (χ3n) is 2.84. The molecule has 0 unspecified atom stereocenters. The fourth-order valence-electron chi connectivity index (χ4n) is 1.93. The van der Waals surface area contributed by atoms with E-state index >= 15 is 0 Å². The van der Waals surface area contributed by atoms with Crippen LogP contribution in [-0.2, 0) is 6.61 Å². The molecule has 1 aromatic heterocycles. The normalized spacial score (nSPS) is 10.8. The first-order chi connectivity index (χ1) is 9.25. The Morgan fingerprint density at radius 3 is 2.58 bits per heavy atom. The van der Waals surface area contributed by atoms with E-state index in [2.05, 4.69) is 0 Å². The number of hydrogen-bond acceptors (Lipinski definition) is 2. The first-order valence-electron chi connectivity index (χ1n) is 5.77. The summed E-state index contributed by atoms with van der Waals surface area (Å²) in [6.07, 6.45) is 1.66. The highest BCUT2D eigenvalue weighted by molar-refractivity contribution is 6.35. The van der Waals surface area contributed by atoms with Gasteiger partial charge >= 0.3 is 0 Å². The second kappa shape index (κ2) is 5.16. The highest BCUT2D eigenvalue weighted by atomic mass is 35.5. The van der Waals surface area contributed by atoms with Crippen LogP contribution in [0.15, 0.2) is 53.1 Å². The third kappa shape index (κ3) is 2.42.